The van der Waals surface area contributed by atoms with Crippen LogP contribution in [-0.4, -0.2) is 24.3 Å². The summed E-state index contributed by atoms with van der Waals surface area (Å²) in [5.74, 6) is 0.384. The van der Waals surface area contributed by atoms with Crippen molar-refractivity contribution in [1.29, 1.82) is 0 Å². The fourth-order valence-electron chi connectivity index (χ4n) is 2.71. The summed E-state index contributed by atoms with van der Waals surface area (Å²) in [4.78, 5) is 12.4. The van der Waals surface area contributed by atoms with E-state index in [1.165, 1.54) is 16.7 Å². The number of carbonyl (C=O) groups excluding carboxylic acids is 1. The van der Waals surface area contributed by atoms with E-state index in [0.717, 1.165) is 16.9 Å². The van der Waals surface area contributed by atoms with Crippen LogP contribution in [0.2, 0.25) is 0 Å². The summed E-state index contributed by atoms with van der Waals surface area (Å²) in [6.45, 7) is 0.548. The second kappa shape index (κ2) is 7.36. The highest BCUT2D eigenvalue weighted by Crippen LogP contribution is 2.23. The van der Waals surface area contributed by atoms with Gasteiger partial charge in [-0.05, 0) is 54.4 Å². The van der Waals surface area contributed by atoms with Crippen LogP contribution in [-0.2, 0) is 17.8 Å². The van der Waals surface area contributed by atoms with E-state index >= 15 is 0 Å². The molecular formula is C19H19FN2O3. The average Bonchev–Trinajstić information content (AvgIpc) is 2.98. The van der Waals surface area contributed by atoms with E-state index in [2.05, 4.69) is 0 Å². The van der Waals surface area contributed by atoms with Crippen molar-refractivity contribution >= 4 is 17.0 Å². The van der Waals surface area contributed by atoms with E-state index in [1.54, 1.807) is 31.5 Å². The predicted octanol–water partition coefficient (Wildman–Crippen LogP) is 3.48. The largest absolute Gasteiger partial charge is 0.497 e. The molecule has 0 unspecified atom stereocenters. The highest BCUT2D eigenvalue weighted by atomic mass is 19.1. The summed E-state index contributed by atoms with van der Waals surface area (Å²) in [6.07, 6.45) is 1.70. The fourth-order valence-corrected chi connectivity index (χ4v) is 2.71. The number of halogens is 1. The lowest BCUT2D eigenvalue weighted by Crippen LogP contribution is -2.12. The van der Waals surface area contributed by atoms with Gasteiger partial charge in [-0.3, -0.25) is 4.57 Å². The summed E-state index contributed by atoms with van der Waals surface area (Å²) < 4.78 is 25.4. The van der Waals surface area contributed by atoms with Crippen LogP contribution < -0.4 is 10.5 Å². The Morgan fingerprint density at radius 2 is 1.96 bits per heavy atom. The third-order valence-electron chi connectivity index (χ3n) is 3.98. The number of nitrogens with two attached hydrogens (primary N) is 1. The molecule has 1 aromatic heterocycles. The van der Waals surface area contributed by atoms with Gasteiger partial charge >= 0.3 is 6.09 Å². The first-order chi connectivity index (χ1) is 12.1. The molecule has 0 bridgehead atoms. The van der Waals surface area contributed by atoms with Crippen molar-refractivity contribution in [3.63, 3.8) is 0 Å². The van der Waals surface area contributed by atoms with Crippen molar-refractivity contribution in [2.24, 2.45) is 5.73 Å². The van der Waals surface area contributed by atoms with Gasteiger partial charge in [-0.2, -0.15) is 0 Å². The molecule has 0 radical (unpaired) electrons. The van der Waals surface area contributed by atoms with Crippen molar-refractivity contribution in [3.8, 4) is 5.75 Å². The standard InChI is InChI=1S/C19H19FN2O3/c1-24-16-5-2-13(3-6-16)12-25-19(23)22-11-14(8-9-21)17-10-15(20)4-7-18(17)22/h2-7,10-11H,8-9,12,21H2,1H3. The molecule has 0 spiro atoms. The Morgan fingerprint density at radius 1 is 1.20 bits per heavy atom. The molecule has 0 atom stereocenters. The van der Waals surface area contributed by atoms with Crippen molar-refractivity contribution in [2.45, 2.75) is 13.0 Å². The Balaban J connectivity index is 1.81. The molecule has 3 aromatic rings. The third kappa shape index (κ3) is 3.64. The van der Waals surface area contributed by atoms with Crippen LogP contribution in [0.1, 0.15) is 11.1 Å². The highest BCUT2D eigenvalue weighted by Gasteiger charge is 2.15. The van der Waals surface area contributed by atoms with Gasteiger partial charge < -0.3 is 15.2 Å². The molecule has 0 aliphatic carbocycles. The van der Waals surface area contributed by atoms with E-state index in [4.69, 9.17) is 15.2 Å². The molecule has 1 heterocycles. The van der Waals surface area contributed by atoms with Crippen molar-refractivity contribution < 1.29 is 18.7 Å². The third-order valence-corrected chi connectivity index (χ3v) is 3.98. The van der Waals surface area contributed by atoms with Gasteiger partial charge in [0.05, 0.1) is 12.6 Å². The van der Waals surface area contributed by atoms with Crippen LogP contribution in [0.4, 0.5) is 9.18 Å². The quantitative estimate of drug-likeness (QED) is 0.771. The first-order valence-corrected chi connectivity index (χ1v) is 7.92. The number of ether oxygens (including phenoxy) is 2. The van der Waals surface area contributed by atoms with Gasteiger partial charge in [-0.1, -0.05) is 12.1 Å². The van der Waals surface area contributed by atoms with Gasteiger partial charge in [0.1, 0.15) is 18.2 Å². The van der Waals surface area contributed by atoms with Gasteiger partial charge in [0.15, 0.2) is 0 Å². The van der Waals surface area contributed by atoms with Gasteiger partial charge in [0.2, 0.25) is 0 Å². The van der Waals surface area contributed by atoms with Crippen LogP contribution >= 0.6 is 0 Å². The number of aromatic nitrogens is 1. The van der Waals surface area contributed by atoms with E-state index in [1.807, 2.05) is 12.1 Å². The van der Waals surface area contributed by atoms with Gasteiger partial charge in [-0.25, -0.2) is 9.18 Å². The van der Waals surface area contributed by atoms with Crippen LogP contribution in [0.5, 0.6) is 5.75 Å². The van der Waals surface area contributed by atoms with Gasteiger partial charge in [0.25, 0.3) is 0 Å². The zero-order valence-corrected chi connectivity index (χ0v) is 13.9. The first-order valence-electron chi connectivity index (χ1n) is 7.92. The fraction of sp³-hybridized carbons (Fsp3) is 0.211. The molecule has 0 amide bonds. The predicted molar refractivity (Wildman–Crippen MR) is 93.2 cm³/mol. The number of fused-ring (bicyclic) bond motifs is 1. The molecule has 6 heteroatoms. The number of carbonyl (C=O) groups is 1. The van der Waals surface area contributed by atoms with E-state index < -0.39 is 6.09 Å². The maximum absolute atomic E-state index is 13.5. The SMILES string of the molecule is COc1ccc(COC(=O)n2cc(CCN)c3cc(F)ccc32)cc1. The molecule has 3 rings (SSSR count). The molecule has 0 fully saturated rings. The van der Waals surface area contributed by atoms with Crippen molar-refractivity contribution in [1.82, 2.24) is 4.57 Å². The molecule has 0 aliphatic rings. The molecule has 2 N–H and O–H groups in total. The molecule has 25 heavy (non-hydrogen) atoms. The maximum Gasteiger partial charge on any atom is 0.418 e. The minimum atomic E-state index is -0.518. The summed E-state index contributed by atoms with van der Waals surface area (Å²) in [5.41, 5.74) is 7.87. The number of hydrogen-bond donors (Lipinski definition) is 1. The van der Waals surface area contributed by atoms with Gasteiger partial charge in [-0.15, -0.1) is 0 Å². The van der Waals surface area contributed by atoms with E-state index in [0.29, 0.717) is 23.9 Å². The Kier molecular flexibility index (Phi) is 5.00. The summed E-state index contributed by atoms with van der Waals surface area (Å²) in [7, 11) is 1.59. The summed E-state index contributed by atoms with van der Waals surface area (Å²) in [5, 5.41) is 0.673. The van der Waals surface area contributed by atoms with Gasteiger partial charge in [0, 0.05) is 11.6 Å². The number of hydrogen-bond acceptors (Lipinski definition) is 4. The summed E-state index contributed by atoms with van der Waals surface area (Å²) in [6, 6.07) is 11.6. The normalized spacial score (nSPS) is 10.8. The molecular weight excluding hydrogens is 323 g/mol. The lowest BCUT2D eigenvalue weighted by Gasteiger charge is -2.07. The first kappa shape index (κ1) is 17.0. The minimum Gasteiger partial charge on any atom is -0.497 e. The Hall–Kier alpha value is -2.86. The van der Waals surface area contributed by atoms with Crippen LogP contribution in [0.15, 0.2) is 48.7 Å². The summed E-state index contributed by atoms with van der Waals surface area (Å²) >= 11 is 0. The maximum atomic E-state index is 13.5. The van der Waals surface area contributed by atoms with Crippen LogP contribution in [0.3, 0.4) is 0 Å². The zero-order valence-electron chi connectivity index (χ0n) is 13.9. The Labute approximate surface area is 144 Å². The lowest BCUT2D eigenvalue weighted by atomic mass is 10.1. The smallest absolute Gasteiger partial charge is 0.418 e. The lowest BCUT2D eigenvalue weighted by molar-refractivity contribution is 0.142. The minimum absolute atomic E-state index is 0.135. The molecule has 0 saturated heterocycles. The number of rotatable bonds is 5. The highest BCUT2D eigenvalue weighted by molar-refractivity contribution is 5.92. The van der Waals surface area contributed by atoms with Crippen LogP contribution in [0, 0.1) is 5.82 Å². The van der Waals surface area contributed by atoms with Crippen molar-refractivity contribution in [3.05, 3.63) is 65.6 Å². The van der Waals surface area contributed by atoms with E-state index in [9.17, 15) is 9.18 Å². The molecule has 0 aliphatic heterocycles. The average molecular weight is 342 g/mol. The molecule has 5 nitrogen and oxygen atoms in total. The Bertz CT molecular complexity index is 888. The van der Waals surface area contributed by atoms with Crippen molar-refractivity contribution in [2.75, 3.05) is 13.7 Å². The second-order valence-electron chi connectivity index (χ2n) is 5.63. The Morgan fingerprint density at radius 3 is 2.64 bits per heavy atom. The number of benzene rings is 2. The molecule has 2 aromatic carbocycles. The van der Waals surface area contributed by atoms with E-state index in [-0.39, 0.29) is 12.4 Å². The second-order valence-corrected chi connectivity index (χ2v) is 5.63. The topological polar surface area (TPSA) is 66.5 Å². The molecule has 0 saturated carbocycles. The zero-order chi connectivity index (χ0) is 17.8. The monoisotopic (exact) mass is 342 g/mol. The van der Waals surface area contributed by atoms with Crippen LogP contribution in [0.25, 0.3) is 10.9 Å². The number of nitrogens with zero attached hydrogens (tertiary/aromatic N) is 1. The molecule has 130 valence electrons. The number of methoxy groups -OCH3 is 1.